The molecular weight excluding hydrogens is 250 g/mol. The third-order valence-electron chi connectivity index (χ3n) is 5.40. The minimum atomic E-state index is 0.586. The number of hydrogen-bond donors (Lipinski definition) is 1. The quantitative estimate of drug-likeness (QED) is 0.591. The third-order valence-corrected chi connectivity index (χ3v) is 5.40. The molecule has 0 saturated heterocycles. The Balaban J connectivity index is 1.72. The van der Waals surface area contributed by atoms with Gasteiger partial charge in [-0.05, 0) is 62.3 Å². The number of rotatable bonds is 11. The monoisotopic (exact) mass is 283 g/mol. The van der Waals surface area contributed by atoms with Gasteiger partial charge in [-0.25, -0.2) is 0 Å². The lowest BCUT2D eigenvalue weighted by Crippen LogP contribution is -2.39. The number of ether oxygens (including phenoxy) is 2. The van der Waals surface area contributed by atoms with Gasteiger partial charge in [-0.15, -0.1) is 0 Å². The Kier molecular flexibility index (Phi) is 6.79. The molecule has 0 aromatic rings. The van der Waals surface area contributed by atoms with Crippen molar-refractivity contribution < 1.29 is 9.47 Å². The van der Waals surface area contributed by atoms with Gasteiger partial charge in [0.2, 0.25) is 0 Å². The van der Waals surface area contributed by atoms with Crippen molar-refractivity contribution in [1.29, 1.82) is 0 Å². The van der Waals surface area contributed by atoms with Crippen LogP contribution in [-0.2, 0) is 9.47 Å². The van der Waals surface area contributed by atoms with Crippen LogP contribution in [0, 0.1) is 17.3 Å². The van der Waals surface area contributed by atoms with Gasteiger partial charge in [-0.2, -0.15) is 0 Å². The van der Waals surface area contributed by atoms with Gasteiger partial charge < -0.3 is 14.8 Å². The third kappa shape index (κ3) is 4.19. The second-order valence-electron chi connectivity index (χ2n) is 6.83. The van der Waals surface area contributed by atoms with Gasteiger partial charge in [-0.3, -0.25) is 0 Å². The molecule has 2 aliphatic carbocycles. The van der Waals surface area contributed by atoms with Crippen LogP contribution in [0.2, 0.25) is 0 Å². The number of nitrogens with one attached hydrogen (secondary N) is 1. The molecular formula is C17H33NO2. The Bertz CT molecular complexity index is 272. The van der Waals surface area contributed by atoms with Crippen molar-refractivity contribution >= 4 is 0 Å². The minimum Gasteiger partial charge on any atom is -0.382 e. The summed E-state index contributed by atoms with van der Waals surface area (Å²) in [5, 5.41) is 3.70. The average molecular weight is 283 g/mol. The van der Waals surface area contributed by atoms with Crippen molar-refractivity contribution in [2.45, 2.75) is 51.9 Å². The Hall–Kier alpha value is -0.120. The van der Waals surface area contributed by atoms with E-state index >= 15 is 0 Å². The van der Waals surface area contributed by atoms with Crippen molar-refractivity contribution in [2.75, 3.05) is 40.0 Å². The van der Waals surface area contributed by atoms with E-state index in [0.717, 1.165) is 25.0 Å². The molecule has 0 heterocycles. The highest BCUT2D eigenvalue weighted by molar-refractivity contribution is 5.01. The first-order valence-corrected chi connectivity index (χ1v) is 8.58. The molecule has 3 atom stereocenters. The molecule has 3 nitrogen and oxygen atoms in total. The lowest BCUT2D eigenvalue weighted by atomic mass is 9.70. The fourth-order valence-electron chi connectivity index (χ4n) is 4.45. The van der Waals surface area contributed by atoms with Gasteiger partial charge >= 0.3 is 0 Å². The Morgan fingerprint density at radius 3 is 2.75 bits per heavy atom. The van der Waals surface area contributed by atoms with Crippen LogP contribution in [0.4, 0.5) is 0 Å². The SMILES string of the molecule is CCCNCC1(CCCOCCOC)CC2CCC1C2. The summed E-state index contributed by atoms with van der Waals surface area (Å²) in [5.41, 5.74) is 0.586. The maximum atomic E-state index is 5.64. The summed E-state index contributed by atoms with van der Waals surface area (Å²) in [4.78, 5) is 0. The van der Waals surface area contributed by atoms with Gasteiger partial charge in [0.15, 0.2) is 0 Å². The normalized spacial score (nSPS) is 32.1. The summed E-state index contributed by atoms with van der Waals surface area (Å²) in [7, 11) is 1.73. The van der Waals surface area contributed by atoms with Crippen molar-refractivity contribution in [1.82, 2.24) is 5.32 Å². The molecule has 0 radical (unpaired) electrons. The van der Waals surface area contributed by atoms with Gasteiger partial charge in [-0.1, -0.05) is 13.3 Å². The number of fused-ring (bicyclic) bond motifs is 2. The Morgan fingerprint density at radius 1 is 1.20 bits per heavy atom. The van der Waals surface area contributed by atoms with E-state index < -0.39 is 0 Å². The van der Waals surface area contributed by atoms with E-state index in [9.17, 15) is 0 Å². The molecule has 3 heteroatoms. The fourth-order valence-corrected chi connectivity index (χ4v) is 4.45. The molecule has 118 valence electrons. The van der Waals surface area contributed by atoms with Crippen LogP contribution in [-0.4, -0.2) is 40.0 Å². The molecule has 20 heavy (non-hydrogen) atoms. The number of hydrogen-bond acceptors (Lipinski definition) is 3. The lowest BCUT2D eigenvalue weighted by Gasteiger charge is -2.38. The zero-order chi connectivity index (χ0) is 14.3. The predicted octanol–water partition coefficient (Wildman–Crippen LogP) is 3.24. The smallest absolute Gasteiger partial charge is 0.0700 e. The van der Waals surface area contributed by atoms with E-state index in [1.165, 1.54) is 58.0 Å². The minimum absolute atomic E-state index is 0.586. The highest BCUT2D eigenvalue weighted by atomic mass is 16.5. The van der Waals surface area contributed by atoms with Crippen LogP contribution in [0.5, 0.6) is 0 Å². The summed E-state index contributed by atoms with van der Waals surface area (Å²) in [5.74, 6) is 2.01. The predicted molar refractivity (Wildman–Crippen MR) is 83.0 cm³/mol. The first-order chi connectivity index (χ1) is 9.80. The maximum Gasteiger partial charge on any atom is 0.0700 e. The van der Waals surface area contributed by atoms with Crippen LogP contribution in [0.1, 0.15) is 51.9 Å². The molecule has 1 N–H and O–H groups in total. The highest BCUT2D eigenvalue weighted by Crippen LogP contribution is 2.57. The fraction of sp³-hybridized carbons (Fsp3) is 1.00. The lowest BCUT2D eigenvalue weighted by molar-refractivity contribution is 0.0567. The van der Waals surface area contributed by atoms with Crippen LogP contribution < -0.4 is 5.32 Å². The maximum absolute atomic E-state index is 5.64. The van der Waals surface area contributed by atoms with Crippen LogP contribution in [0.25, 0.3) is 0 Å². The van der Waals surface area contributed by atoms with E-state index in [2.05, 4.69) is 12.2 Å². The largest absolute Gasteiger partial charge is 0.382 e. The summed E-state index contributed by atoms with van der Waals surface area (Å²) in [6.07, 6.45) is 9.72. The van der Waals surface area contributed by atoms with Crippen LogP contribution in [0.3, 0.4) is 0 Å². The first-order valence-electron chi connectivity index (χ1n) is 8.58. The molecule has 0 amide bonds. The van der Waals surface area contributed by atoms with E-state index in [1.54, 1.807) is 7.11 Å². The van der Waals surface area contributed by atoms with Gasteiger partial charge in [0.05, 0.1) is 13.2 Å². The van der Waals surface area contributed by atoms with E-state index in [1.807, 2.05) is 0 Å². The molecule has 0 aromatic carbocycles. The molecule has 2 aliphatic rings. The molecule has 3 unspecified atom stereocenters. The highest BCUT2D eigenvalue weighted by Gasteiger charge is 2.49. The van der Waals surface area contributed by atoms with Gasteiger partial charge in [0, 0.05) is 20.3 Å². The van der Waals surface area contributed by atoms with Crippen LogP contribution in [0.15, 0.2) is 0 Å². The molecule has 2 bridgehead atoms. The van der Waals surface area contributed by atoms with Gasteiger partial charge in [0.1, 0.15) is 0 Å². The van der Waals surface area contributed by atoms with Crippen molar-refractivity contribution in [3.63, 3.8) is 0 Å². The summed E-state index contributed by atoms with van der Waals surface area (Å²) < 4.78 is 10.7. The molecule has 2 saturated carbocycles. The molecule has 0 aliphatic heterocycles. The van der Waals surface area contributed by atoms with E-state index in [0.29, 0.717) is 12.0 Å². The molecule has 2 fully saturated rings. The summed E-state index contributed by atoms with van der Waals surface area (Å²) in [6, 6.07) is 0. The second-order valence-corrected chi connectivity index (χ2v) is 6.83. The average Bonchev–Trinajstić information content (AvgIpc) is 3.04. The van der Waals surface area contributed by atoms with Crippen LogP contribution >= 0.6 is 0 Å². The van der Waals surface area contributed by atoms with E-state index in [4.69, 9.17) is 9.47 Å². The zero-order valence-corrected chi connectivity index (χ0v) is 13.5. The van der Waals surface area contributed by atoms with Crippen molar-refractivity contribution in [3.8, 4) is 0 Å². The molecule has 2 rings (SSSR count). The number of methoxy groups -OCH3 is 1. The van der Waals surface area contributed by atoms with Gasteiger partial charge in [0.25, 0.3) is 0 Å². The first kappa shape index (κ1) is 16.3. The van der Waals surface area contributed by atoms with Crippen molar-refractivity contribution in [3.05, 3.63) is 0 Å². The standard InChI is InChI=1S/C17H33NO2/c1-3-8-18-14-17(7-4-9-20-11-10-19-2)13-15-5-6-16(17)12-15/h15-16,18H,3-14H2,1-2H3. The van der Waals surface area contributed by atoms with E-state index in [-0.39, 0.29) is 0 Å². The van der Waals surface area contributed by atoms with Crippen molar-refractivity contribution in [2.24, 2.45) is 17.3 Å². The molecule has 0 spiro atoms. The topological polar surface area (TPSA) is 30.5 Å². The summed E-state index contributed by atoms with van der Waals surface area (Å²) in [6.45, 7) is 7.02. The Labute approximate surface area is 124 Å². The molecule has 0 aromatic heterocycles. The Morgan fingerprint density at radius 2 is 2.10 bits per heavy atom. The second kappa shape index (κ2) is 8.35. The summed E-state index contributed by atoms with van der Waals surface area (Å²) >= 11 is 0. The zero-order valence-electron chi connectivity index (χ0n) is 13.5.